The minimum Gasteiger partial charge on any atom is -0.373 e. The highest BCUT2D eigenvalue weighted by atomic mass is 16.5. The molecule has 0 amide bonds. The van der Waals surface area contributed by atoms with E-state index >= 15 is 0 Å². The Morgan fingerprint density at radius 1 is 1.20 bits per heavy atom. The Balaban J connectivity index is 2.68. The number of nitrogens with two attached hydrogens (primary N) is 1. The first-order chi connectivity index (χ1) is 9.19. The monoisotopic (exact) mass is 283 g/mol. The molecule has 0 saturated heterocycles. The molecule has 0 spiro atoms. The van der Waals surface area contributed by atoms with E-state index < -0.39 is 0 Å². The van der Waals surface area contributed by atoms with Crippen molar-refractivity contribution in [3.05, 3.63) is 11.7 Å². The molecule has 0 aromatic carbocycles. The van der Waals surface area contributed by atoms with Gasteiger partial charge in [-0.1, -0.05) is 39.8 Å². The molecular weight excluding hydrogens is 254 g/mol. The predicted molar refractivity (Wildman–Crippen MR) is 79.3 cm³/mol. The van der Waals surface area contributed by atoms with Gasteiger partial charge in [-0.3, -0.25) is 0 Å². The summed E-state index contributed by atoms with van der Waals surface area (Å²) < 4.78 is 10.8. The van der Waals surface area contributed by atoms with Crippen molar-refractivity contribution in [1.82, 2.24) is 10.1 Å². The first-order valence-corrected chi connectivity index (χ1v) is 7.25. The van der Waals surface area contributed by atoms with Gasteiger partial charge >= 0.3 is 0 Å². The summed E-state index contributed by atoms with van der Waals surface area (Å²) in [5.41, 5.74) is 5.77. The van der Waals surface area contributed by atoms with Gasteiger partial charge in [0.05, 0.1) is 0 Å². The molecule has 1 atom stereocenters. The fourth-order valence-corrected chi connectivity index (χ4v) is 2.28. The summed E-state index contributed by atoms with van der Waals surface area (Å²) in [5, 5.41) is 4.06. The van der Waals surface area contributed by atoms with Crippen molar-refractivity contribution in [2.75, 3.05) is 13.7 Å². The molecule has 1 rings (SSSR count). The first kappa shape index (κ1) is 17.1. The Morgan fingerprint density at radius 2 is 1.85 bits per heavy atom. The molecular formula is C15H29N3O2. The van der Waals surface area contributed by atoms with Crippen LogP contribution in [0.15, 0.2) is 4.52 Å². The van der Waals surface area contributed by atoms with Crippen LogP contribution in [-0.4, -0.2) is 23.8 Å². The zero-order valence-corrected chi connectivity index (χ0v) is 13.7. The summed E-state index contributed by atoms with van der Waals surface area (Å²) in [6, 6.07) is 0. The third-order valence-electron chi connectivity index (χ3n) is 3.58. The Hall–Kier alpha value is -0.940. The van der Waals surface area contributed by atoms with E-state index in [0.717, 1.165) is 19.3 Å². The first-order valence-electron chi connectivity index (χ1n) is 7.25. The van der Waals surface area contributed by atoms with E-state index in [2.05, 4.69) is 44.8 Å². The zero-order chi connectivity index (χ0) is 15.4. The van der Waals surface area contributed by atoms with Gasteiger partial charge < -0.3 is 15.0 Å². The topological polar surface area (TPSA) is 74.2 Å². The van der Waals surface area contributed by atoms with Crippen molar-refractivity contribution < 1.29 is 9.26 Å². The van der Waals surface area contributed by atoms with E-state index in [1.54, 1.807) is 7.11 Å². The number of ether oxygens (including phenoxy) is 1. The zero-order valence-electron chi connectivity index (χ0n) is 13.7. The molecule has 1 aromatic rings. The number of aromatic nitrogens is 2. The minimum absolute atomic E-state index is 0.0608. The van der Waals surface area contributed by atoms with Crippen molar-refractivity contribution in [3.63, 3.8) is 0 Å². The molecule has 2 N–H and O–H groups in total. The molecule has 0 radical (unpaired) electrons. The number of methoxy groups -OCH3 is 1. The van der Waals surface area contributed by atoms with Crippen LogP contribution >= 0.6 is 0 Å². The van der Waals surface area contributed by atoms with Crippen molar-refractivity contribution in [2.45, 2.75) is 60.0 Å². The van der Waals surface area contributed by atoms with E-state index in [-0.39, 0.29) is 16.9 Å². The van der Waals surface area contributed by atoms with Gasteiger partial charge in [0, 0.05) is 13.5 Å². The van der Waals surface area contributed by atoms with Crippen molar-refractivity contribution in [3.8, 4) is 0 Å². The fraction of sp³-hybridized carbons (Fsp3) is 0.867. The lowest BCUT2D eigenvalue weighted by Gasteiger charge is -2.26. The van der Waals surface area contributed by atoms with Crippen LogP contribution in [0.4, 0.5) is 0 Å². The summed E-state index contributed by atoms with van der Waals surface area (Å²) in [6.45, 7) is 11.4. The van der Waals surface area contributed by atoms with Crippen molar-refractivity contribution in [1.29, 1.82) is 0 Å². The molecule has 5 heteroatoms. The van der Waals surface area contributed by atoms with E-state index in [0.29, 0.717) is 18.3 Å². The van der Waals surface area contributed by atoms with Gasteiger partial charge in [-0.25, -0.2) is 0 Å². The maximum absolute atomic E-state index is 5.63. The maximum atomic E-state index is 5.63. The third-order valence-corrected chi connectivity index (χ3v) is 3.58. The summed E-state index contributed by atoms with van der Waals surface area (Å²) in [7, 11) is 1.68. The molecule has 20 heavy (non-hydrogen) atoms. The van der Waals surface area contributed by atoms with Gasteiger partial charge in [0.1, 0.15) is 6.10 Å². The lowest BCUT2D eigenvalue weighted by molar-refractivity contribution is 0.00718. The lowest BCUT2D eigenvalue weighted by atomic mass is 9.84. The minimum atomic E-state index is -0.156. The molecule has 0 aliphatic heterocycles. The average molecular weight is 283 g/mol. The van der Waals surface area contributed by atoms with Gasteiger partial charge in [-0.05, 0) is 30.2 Å². The van der Waals surface area contributed by atoms with Gasteiger partial charge in [-0.15, -0.1) is 0 Å². The third kappa shape index (κ3) is 4.87. The average Bonchev–Trinajstić information content (AvgIpc) is 2.74. The van der Waals surface area contributed by atoms with Crippen LogP contribution in [0.2, 0.25) is 0 Å². The Labute approximate surface area is 122 Å². The van der Waals surface area contributed by atoms with Crippen LogP contribution in [0.25, 0.3) is 0 Å². The van der Waals surface area contributed by atoms with E-state index in [1.165, 1.54) is 0 Å². The summed E-state index contributed by atoms with van der Waals surface area (Å²) in [4.78, 5) is 4.48. The second kappa shape index (κ2) is 6.68. The molecule has 5 nitrogen and oxygen atoms in total. The van der Waals surface area contributed by atoms with Crippen LogP contribution < -0.4 is 5.73 Å². The number of rotatable bonds is 7. The SMILES string of the molecule is COC(c1noc(CCC(C)(C)CCN)n1)C(C)(C)C. The van der Waals surface area contributed by atoms with Crippen LogP contribution in [0.3, 0.4) is 0 Å². The Kier molecular flexibility index (Phi) is 5.71. The molecule has 0 fully saturated rings. The summed E-state index contributed by atoms with van der Waals surface area (Å²) in [6.07, 6.45) is 2.60. The molecule has 0 bridgehead atoms. The van der Waals surface area contributed by atoms with Crippen LogP contribution in [0, 0.1) is 10.8 Å². The van der Waals surface area contributed by atoms with Crippen LogP contribution in [-0.2, 0) is 11.2 Å². The molecule has 116 valence electrons. The molecule has 0 aliphatic rings. The van der Waals surface area contributed by atoms with Crippen molar-refractivity contribution >= 4 is 0 Å². The standard InChI is InChI=1S/C15H29N3O2/c1-14(2,3)12(19-6)13-17-11(20-18-13)7-8-15(4,5)9-10-16/h12H,7-10,16H2,1-6H3. The highest BCUT2D eigenvalue weighted by Crippen LogP contribution is 2.34. The van der Waals surface area contributed by atoms with Gasteiger partial charge in [0.25, 0.3) is 0 Å². The lowest BCUT2D eigenvalue weighted by Crippen LogP contribution is -2.21. The number of nitrogens with zero attached hydrogens (tertiary/aromatic N) is 2. The Bertz CT molecular complexity index is 407. The van der Waals surface area contributed by atoms with Gasteiger partial charge in [-0.2, -0.15) is 4.98 Å². The summed E-state index contributed by atoms with van der Waals surface area (Å²) >= 11 is 0. The van der Waals surface area contributed by atoms with Crippen LogP contribution in [0.1, 0.15) is 65.3 Å². The molecule has 0 saturated carbocycles. The molecule has 1 unspecified atom stereocenters. The van der Waals surface area contributed by atoms with Crippen LogP contribution in [0.5, 0.6) is 0 Å². The van der Waals surface area contributed by atoms with Crippen molar-refractivity contribution in [2.24, 2.45) is 16.6 Å². The molecule has 0 aliphatic carbocycles. The van der Waals surface area contributed by atoms with E-state index in [1.807, 2.05) is 0 Å². The van der Waals surface area contributed by atoms with E-state index in [9.17, 15) is 0 Å². The maximum Gasteiger partial charge on any atom is 0.226 e. The van der Waals surface area contributed by atoms with Gasteiger partial charge in [0.15, 0.2) is 0 Å². The molecule has 1 heterocycles. The second-order valence-corrected chi connectivity index (χ2v) is 7.23. The number of hydrogen-bond donors (Lipinski definition) is 1. The largest absolute Gasteiger partial charge is 0.373 e. The Morgan fingerprint density at radius 3 is 2.35 bits per heavy atom. The smallest absolute Gasteiger partial charge is 0.226 e. The van der Waals surface area contributed by atoms with E-state index in [4.69, 9.17) is 15.0 Å². The normalized spacial score (nSPS) is 14.6. The fourth-order valence-electron chi connectivity index (χ4n) is 2.28. The highest BCUT2D eigenvalue weighted by Gasteiger charge is 2.30. The quantitative estimate of drug-likeness (QED) is 0.832. The summed E-state index contributed by atoms with van der Waals surface area (Å²) in [5.74, 6) is 1.31. The van der Waals surface area contributed by atoms with Gasteiger partial charge in [0.2, 0.25) is 11.7 Å². The number of hydrogen-bond acceptors (Lipinski definition) is 5. The number of aryl methyl sites for hydroxylation is 1. The highest BCUT2D eigenvalue weighted by molar-refractivity contribution is 4.96. The second-order valence-electron chi connectivity index (χ2n) is 7.23. The molecule has 1 aromatic heterocycles. The predicted octanol–water partition coefficient (Wildman–Crippen LogP) is 3.11.